The first-order valence-corrected chi connectivity index (χ1v) is 8.94. The number of halogens is 3. The maximum absolute atomic E-state index is 14.2. The number of hydrogen-bond donors (Lipinski definition) is 2. The summed E-state index contributed by atoms with van der Waals surface area (Å²) in [6, 6.07) is 6.98. The Kier molecular flexibility index (Phi) is 7.67. The molecule has 0 aliphatic rings. The fraction of sp³-hybridized carbons (Fsp3) is 0.368. The topological polar surface area (TPSA) is 24.1 Å². The van der Waals surface area contributed by atoms with E-state index in [9.17, 15) is 13.2 Å². The van der Waals surface area contributed by atoms with Gasteiger partial charge in [-0.3, -0.25) is 0 Å². The van der Waals surface area contributed by atoms with Crippen molar-refractivity contribution < 1.29 is 13.2 Å². The summed E-state index contributed by atoms with van der Waals surface area (Å²) in [5.41, 5.74) is 1.06. The van der Waals surface area contributed by atoms with Crippen LogP contribution in [-0.4, -0.2) is 4.75 Å². The van der Waals surface area contributed by atoms with Crippen molar-refractivity contribution in [3.63, 3.8) is 0 Å². The molecule has 0 amide bonds. The van der Waals surface area contributed by atoms with Gasteiger partial charge in [-0.05, 0) is 69.5 Å². The van der Waals surface area contributed by atoms with E-state index in [0.717, 1.165) is 11.6 Å². The molecule has 6 heteroatoms. The van der Waals surface area contributed by atoms with E-state index in [1.807, 2.05) is 34.6 Å². The zero-order chi connectivity index (χ0) is 19.2. The zero-order valence-corrected chi connectivity index (χ0v) is 16.2. The van der Waals surface area contributed by atoms with Crippen molar-refractivity contribution in [3.8, 4) is 0 Å². The highest BCUT2D eigenvalue weighted by Gasteiger charge is 2.18. The molecule has 0 atom stereocenters. The highest BCUT2D eigenvalue weighted by atomic mass is 32.2. The fourth-order valence-electron chi connectivity index (χ4n) is 1.82. The lowest BCUT2D eigenvalue weighted by Gasteiger charge is -2.21. The van der Waals surface area contributed by atoms with Gasteiger partial charge >= 0.3 is 0 Å². The van der Waals surface area contributed by atoms with Gasteiger partial charge in [0.2, 0.25) is 0 Å². The number of aryl methyl sites for hydroxylation is 1. The van der Waals surface area contributed by atoms with E-state index in [4.69, 9.17) is 0 Å². The van der Waals surface area contributed by atoms with Crippen molar-refractivity contribution in [1.29, 1.82) is 0 Å². The van der Waals surface area contributed by atoms with Gasteiger partial charge < -0.3 is 10.0 Å². The quantitative estimate of drug-likeness (QED) is 0.564. The lowest BCUT2D eigenvalue weighted by molar-refractivity contribution is 0.512. The lowest BCUT2D eigenvalue weighted by atomic mass is 10.2. The summed E-state index contributed by atoms with van der Waals surface area (Å²) in [5, 5.41) is 2.65. The maximum atomic E-state index is 14.2. The summed E-state index contributed by atoms with van der Waals surface area (Å²) in [7, 11) is 0. The molecule has 2 nitrogen and oxygen atoms in total. The van der Waals surface area contributed by atoms with Crippen LogP contribution in [0.5, 0.6) is 0 Å². The third-order valence-corrected chi connectivity index (χ3v) is 3.88. The Morgan fingerprint density at radius 2 is 1.48 bits per heavy atom. The van der Waals surface area contributed by atoms with Crippen LogP contribution in [0, 0.1) is 24.4 Å². The largest absolute Gasteiger partial charge is 0.349 e. The number of rotatable bonds is 4. The Morgan fingerprint density at radius 1 is 0.880 bits per heavy atom. The van der Waals surface area contributed by atoms with Crippen molar-refractivity contribution >= 4 is 29.0 Å². The summed E-state index contributed by atoms with van der Waals surface area (Å²) in [6.45, 7) is 11.7. The Bertz CT molecular complexity index is 713. The molecule has 0 fully saturated rings. The van der Waals surface area contributed by atoms with Crippen molar-refractivity contribution in [3.05, 3.63) is 53.3 Å². The Hall–Kier alpha value is -1.82. The molecule has 0 heterocycles. The van der Waals surface area contributed by atoms with Gasteiger partial charge in [0.15, 0.2) is 11.6 Å². The first-order chi connectivity index (χ1) is 11.7. The minimum absolute atomic E-state index is 0.0870. The van der Waals surface area contributed by atoms with Crippen LogP contribution in [0.4, 0.5) is 30.2 Å². The first-order valence-electron chi connectivity index (χ1n) is 8.12. The van der Waals surface area contributed by atoms with E-state index < -0.39 is 17.5 Å². The molecule has 0 aromatic heterocycles. The molecule has 2 aromatic carbocycles. The van der Waals surface area contributed by atoms with Gasteiger partial charge in [0.1, 0.15) is 11.5 Å². The average Bonchev–Trinajstić information content (AvgIpc) is 2.54. The third-order valence-electron chi connectivity index (χ3n) is 2.95. The molecule has 0 saturated carbocycles. The normalized spacial score (nSPS) is 10.8. The second-order valence-corrected chi connectivity index (χ2v) is 7.84. The van der Waals surface area contributed by atoms with Crippen LogP contribution in [-0.2, 0) is 0 Å². The number of hydrogen-bond acceptors (Lipinski definition) is 3. The van der Waals surface area contributed by atoms with Gasteiger partial charge in [0.25, 0.3) is 0 Å². The third kappa shape index (κ3) is 6.20. The predicted molar refractivity (Wildman–Crippen MR) is 103 cm³/mol. The summed E-state index contributed by atoms with van der Waals surface area (Å²) >= 11 is 1.36. The zero-order valence-electron chi connectivity index (χ0n) is 15.4. The van der Waals surface area contributed by atoms with Crippen molar-refractivity contribution in [2.24, 2.45) is 0 Å². The molecule has 2 rings (SSSR count). The van der Waals surface area contributed by atoms with E-state index in [2.05, 4.69) is 10.0 Å². The molecule has 0 radical (unpaired) electrons. The molecule has 0 bridgehead atoms. The minimum Gasteiger partial charge on any atom is -0.349 e. The molecular formula is C19H25F3N2S. The summed E-state index contributed by atoms with van der Waals surface area (Å²) < 4.78 is 44.6. The standard InChI is InChI=1S/C17H19F3N2S.C2H6/c1-10-5-7-13(12(19)9-10)21-16-14(22-23-17(2,3)4)8-6-11(18)15(16)20;1-2/h5-9,21-22H,1-4H3;1-2H3. The maximum Gasteiger partial charge on any atom is 0.184 e. The molecule has 0 saturated heterocycles. The predicted octanol–water partition coefficient (Wildman–Crippen LogP) is 7.04. The summed E-state index contributed by atoms with van der Waals surface area (Å²) in [6.07, 6.45) is 0. The summed E-state index contributed by atoms with van der Waals surface area (Å²) in [5.74, 6) is -2.57. The summed E-state index contributed by atoms with van der Waals surface area (Å²) in [4.78, 5) is 0. The number of anilines is 3. The molecule has 2 aromatic rings. The van der Waals surface area contributed by atoms with E-state index >= 15 is 0 Å². The van der Waals surface area contributed by atoms with Gasteiger partial charge in [-0.1, -0.05) is 19.9 Å². The molecule has 0 unspecified atom stereocenters. The van der Waals surface area contributed by atoms with Gasteiger partial charge in [-0.25, -0.2) is 13.2 Å². The van der Waals surface area contributed by atoms with Crippen LogP contribution in [0.25, 0.3) is 0 Å². The molecule has 2 N–H and O–H groups in total. The Balaban J connectivity index is 0.00000151. The van der Waals surface area contributed by atoms with E-state index in [-0.39, 0.29) is 16.1 Å². The number of nitrogens with one attached hydrogen (secondary N) is 2. The highest BCUT2D eigenvalue weighted by Crippen LogP contribution is 2.35. The van der Waals surface area contributed by atoms with Crippen LogP contribution in [0.2, 0.25) is 0 Å². The second kappa shape index (κ2) is 9.04. The average molecular weight is 370 g/mol. The van der Waals surface area contributed by atoms with E-state index in [1.54, 1.807) is 13.0 Å². The van der Waals surface area contributed by atoms with Crippen molar-refractivity contribution in [2.45, 2.75) is 46.3 Å². The van der Waals surface area contributed by atoms with E-state index in [1.165, 1.54) is 30.1 Å². The van der Waals surface area contributed by atoms with Gasteiger partial charge in [-0.2, -0.15) is 0 Å². The minimum atomic E-state index is -1.05. The molecule has 0 aliphatic carbocycles. The molecule has 0 spiro atoms. The lowest BCUT2D eigenvalue weighted by Crippen LogP contribution is -2.12. The molecule has 138 valence electrons. The molecule has 25 heavy (non-hydrogen) atoms. The molecule has 0 aliphatic heterocycles. The monoisotopic (exact) mass is 370 g/mol. The first kappa shape index (κ1) is 21.2. The van der Waals surface area contributed by atoms with Crippen LogP contribution < -0.4 is 10.0 Å². The van der Waals surface area contributed by atoms with Crippen molar-refractivity contribution in [1.82, 2.24) is 0 Å². The van der Waals surface area contributed by atoms with Crippen LogP contribution in [0.3, 0.4) is 0 Å². The van der Waals surface area contributed by atoms with Gasteiger partial charge in [-0.15, -0.1) is 0 Å². The molecular weight excluding hydrogens is 345 g/mol. The SMILES string of the molecule is CC.Cc1ccc(Nc2c(NSC(C)(C)C)ccc(F)c2F)c(F)c1. The smallest absolute Gasteiger partial charge is 0.184 e. The van der Waals surface area contributed by atoms with Gasteiger partial charge in [0.05, 0.1) is 11.4 Å². The second-order valence-electron chi connectivity index (χ2n) is 6.21. The van der Waals surface area contributed by atoms with Gasteiger partial charge in [0, 0.05) is 4.75 Å². The van der Waals surface area contributed by atoms with Crippen LogP contribution in [0.15, 0.2) is 30.3 Å². The van der Waals surface area contributed by atoms with E-state index in [0.29, 0.717) is 5.69 Å². The Morgan fingerprint density at radius 3 is 2.04 bits per heavy atom. The number of benzene rings is 2. The van der Waals surface area contributed by atoms with Crippen LogP contribution in [0.1, 0.15) is 40.2 Å². The Labute approximate surface area is 152 Å². The van der Waals surface area contributed by atoms with Crippen molar-refractivity contribution in [2.75, 3.05) is 10.0 Å². The van der Waals surface area contributed by atoms with Crippen LogP contribution >= 0.6 is 11.9 Å². The fourth-order valence-corrected chi connectivity index (χ4v) is 2.41. The highest BCUT2D eigenvalue weighted by molar-refractivity contribution is 8.01.